The van der Waals surface area contributed by atoms with Crippen LogP contribution >= 0.6 is 0 Å². The molecule has 1 fully saturated rings. The second kappa shape index (κ2) is 7.53. The Kier molecular flexibility index (Phi) is 4.78. The molecular formula is C19H19N5O3. The molecular weight excluding hydrogens is 346 g/mol. The van der Waals surface area contributed by atoms with Crippen molar-refractivity contribution in [1.82, 2.24) is 25.0 Å². The van der Waals surface area contributed by atoms with Gasteiger partial charge in [0.05, 0.1) is 13.3 Å². The lowest BCUT2D eigenvalue weighted by Gasteiger charge is -2.30. The molecule has 1 amide bonds. The number of benzene rings is 1. The van der Waals surface area contributed by atoms with Gasteiger partial charge in [0, 0.05) is 37.0 Å². The number of nitrogens with zero attached hydrogens (tertiary/aromatic N) is 5. The van der Waals surface area contributed by atoms with E-state index in [2.05, 4.69) is 20.1 Å². The van der Waals surface area contributed by atoms with Gasteiger partial charge in [-0.3, -0.25) is 9.78 Å². The summed E-state index contributed by atoms with van der Waals surface area (Å²) in [6.45, 7) is 1.25. The maximum Gasteiger partial charge on any atom is 0.274 e. The summed E-state index contributed by atoms with van der Waals surface area (Å²) in [5.74, 6) is 2.02. The third kappa shape index (κ3) is 3.64. The molecule has 138 valence electrons. The second-order valence-electron chi connectivity index (χ2n) is 6.34. The number of carbonyl (C=O) groups is 1. The predicted octanol–water partition coefficient (Wildman–Crippen LogP) is 2.56. The predicted molar refractivity (Wildman–Crippen MR) is 96.2 cm³/mol. The van der Waals surface area contributed by atoms with Crippen LogP contribution in [0.3, 0.4) is 0 Å². The van der Waals surface area contributed by atoms with Crippen LogP contribution < -0.4 is 4.74 Å². The van der Waals surface area contributed by atoms with Gasteiger partial charge in [-0.05, 0) is 37.1 Å². The molecule has 3 aromatic rings. The number of aromatic nitrogens is 4. The van der Waals surface area contributed by atoms with Gasteiger partial charge in [-0.1, -0.05) is 5.16 Å². The molecule has 0 N–H and O–H groups in total. The van der Waals surface area contributed by atoms with Gasteiger partial charge < -0.3 is 14.2 Å². The second-order valence-corrected chi connectivity index (χ2v) is 6.34. The van der Waals surface area contributed by atoms with E-state index in [-0.39, 0.29) is 11.8 Å². The van der Waals surface area contributed by atoms with Crippen LogP contribution in [0.5, 0.6) is 5.75 Å². The van der Waals surface area contributed by atoms with Gasteiger partial charge in [0.25, 0.3) is 5.91 Å². The van der Waals surface area contributed by atoms with Crippen molar-refractivity contribution in [3.8, 4) is 17.1 Å². The molecule has 3 heterocycles. The van der Waals surface area contributed by atoms with Crippen molar-refractivity contribution in [3.63, 3.8) is 0 Å². The number of hydrogen-bond acceptors (Lipinski definition) is 7. The average Bonchev–Trinajstić information content (AvgIpc) is 3.24. The maximum atomic E-state index is 12.4. The number of ether oxygens (including phenoxy) is 1. The minimum atomic E-state index is -0.0917. The molecule has 0 aliphatic carbocycles. The van der Waals surface area contributed by atoms with Gasteiger partial charge in [0.15, 0.2) is 0 Å². The third-order valence-corrected chi connectivity index (χ3v) is 4.70. The topological polar surface area (TPSA) is 94.2 Å². The van der Waals surface area contributed by atoms with Gasteiger partial charge in [0.2, 0.25) is 11.7 Å². The molecule has 0 bridgehead atoms. The Morgan fingerprint density at radius 2 is 1.96 bits per heavy atom. The van der Waals surface area contributed by atoms with E-state index in [1.165, 1.54) is 12.4 Å². The number of hydrogen-bond donors (Lipinski definition) is 0. The number of piperidine rings is 1. The Morgan fingerprint density at radius 3 is 2.63 bits per heavy atom. The molecule has 1 aliphatic heterocycles. The highest BCUT2D eigenvalue weighted by Gasteiger charge is 2.28. The summed E-state index contributed by atoms with van der Waals surface area (Å²) >= 11 is 0. The number of rotatable bonds is 4. The highest BCUT2D eigenvalue weighted by molar-refractivity contribution is 5.92. The van der Waals surface area contributed by atoms with Crippen LogP contribution in [0.25, 0.3) is 11.4 Å². The van der Waals surface area contributed by atoms with Crippen LogP contribution in [0.2, 0.25) is 0 Å². The third-order valence-electron chi connectivity index (χ3n) is 4.70. The molecule has 0 saturated carbocycles. The van der Waals surface area contributed by atoms with Crippen molar-refractivity contribution in [2.24, 2.45) is 0 Å². The van der Waals surface area contributed by atoms with Crippen molar-refractivity contribution < 1.29 is 14.1 Å². The Balaban J connectivity index is 1.40. The molecule has 1 saturated heterocycles. The molecule has 1 aliphatic rings. The highest BCUT2D eigenvalue weighted by Crippen LogP contribution is 2.29. The smallest absolute Gasteiger partial charge is 0.274 e. The van der Waals surface area contributed by atoms with Crippen LogP contribution in [0.4, 0.5) is 0 Å². The van der Waals surface area contributed by atoms with Gasteiger partial charge in [-0.15, -0.1) is 0 Å². The van der Waals surface area contributed by atoms with E-state index in [9.17, 15) is 4.79 Å². The van der Waals surface area contributed by atoms with E-state index >= 15 is 0 Å². The summed E-state index contributed by atoms with van der Waals surface area (Å²) in [4.78, 5) is 26.8. The van der Waals surface area contributed by atoms with Crippen LogP contribution in [0.15, 0.2) is 47.4 Å². The summed E-state index contributed by atoms with van der Waals surface area (Å²) in [7, 11) is 1.63. The normalized spacial score (nSPS) is 14.9. The largest absolute Gasteiger partial charge is 0.497 e. The van der Waals surface area contributed by atoms with Crippen molar-refractivity contribution in [2.45, 2.75) is 18.8 Å². The van der Waals surface area contributed by atoms with Crippen molar-refractivity contribution >= 4 is 5.91 Å². The zero-order valence-electron chi connectivity index (χ0n) is 14.9. The molecule has 2 aromatic heterocycles. The first-order chi connectivity index (χ1) is 13.2. The van der Waals surface area contributed by atoms with E-state index in [0.29, 0.717) is 30.5 Å². The Hall–Kier alpha value is -3.29. The Labute approximate surface area is 156 Å². The standard InChI is InChI=1S/C19H19N5O3/c1-26-15-4-2-13(3-5-15)17-22-18(27-23-17)14-6-10-24(11-7-14)19(25)16-12-20-8-9-21-16/h2-5,8-9,12,14H,6-7,10-11H2,1H3. The van der Waals surface area contributed by atoms with Crippen LogP contribution in [0.1, 0.15) is 35.1 Å². The number of amides is 1. The fourth-order valence-corrected chi connectivity index (χ4v) is 3.16. The molecule has 4 rings (SSSR count). The zero-order valence-corrected chi connectivity index (χ0v) is 14.9. The minimum absolute atomic E-state index is 0.0917. The number of likely N-dealkylation sites (tertiary alicyclic amines) is 1. The molecule has 27 heavy (non-hydrogen) atoms. The van der Waals surface area contributed by atoms with Crippen molar-refractivity contribution in [2.75, 3.05) is 20.2 Å². The first-order valence-electron chi connectivity index (χ1n) is 8.78. The first kappa shape index (κ1) is 17.1. The average molecular weight is 365 g/mol. The molecule has 1 aromatic carbocycles. The van der Waals surface area contributed by atoms with Gasteiger partial charge in [0.1, 0.15) is 11.4 Å². The molecule has 0 spiro atoms. The summed E-state index contributed by atoms with van der Waals surface area (Å²) < 4.78 is 10.6. The van der Waals surface area contributed by atoms with E-state index < -0.39 is 0 Å². The van der Waals surface area contributed by atoms with E-state index in [4.69, 9.17) is 9.26 Å². The molecule has 0 atom stereocenters. The lowest BCUT2D eigenvalue weighted by atomic mass is 9.96. The van der Waals surface area contributed by atoms with Gasteiger partial charge in [-0.2, -0.15) is 4.98 Å². The maximum absolute atomic E-state index is 12.4. The molecule has 8 nitrogen and oxygen atoms in total. The SMILES string of the molecule is COc1ccc(-c2noc(C3CCN(C(=O)c4cnccn4)CC3)n2)cc1. The van der Waals surface area contributed by atoms with Gasteiger partial charge in [-0.25, -0.2) is 4.98 Å². The van der Waals surface area contributed by atoms with Crippen LogP contribution in [-0.2, 0) is 0 Å². The Bertz CT molecular complexity index is 903. The summed E-state index contributed by atoms with van der Waals surface area (Å²) in [5, 5.41) is 4.09. The molecule has 0 unspecified atom stereocenters. The minimum Gasteiger partial charge on any atom is -0.497 e. The van der Waals surface area contributed by atoms with Crippen molar-refractivity contribution in [3.05, 3.63) is 54.4 Å². The quantitative estimate of drug-likeness (QED) is 0.701. The fraction of sp³-hybridized carbons (Fsp3) is 0.316. The summed E-state index contributed by atoms with van der Waals surface area (Å²) in [5.41, 5.74) is 1.25. The molecule has 0 radical (unpaired) electrons. The lowest BCUT2D eigenvalue weighted by molar-refractivity contribution is 0.0698. The van der Waals surface area contributed by atoms with E-state index in [1.54, 1.807) is 18.2 Å². The molecule has 8 heteroatoms. The lowest BCUT2D eigenvalue weighted by Crippen LogP contribution is -2.38. The summed E-state index contributed by atoms with van der Waals surface area (Å²) in [6, 6.07) is 7.52. The van der Waals surface area contributed by atoms with E-state index in [1.807, 2.05) is 24.3 Å². The Morgan fingerprint density at radius 1 is 1.19 bits per heavy atom. The van der Waals surface area contributed by atoms with Crippen LogP contribution in [0, 0.1) is 0 Å². The monoisotopic (exact) mass is 365 g/mol. The highest BCUT2D eigenvalue weighted by atomic mass is 16.5. The number of methoxy groups -OCH3 is 1. The number of carbonyl (C=O) groups excluding carboxylic acids is 1. The fourth-order valence-electron chi connectivity index (χ4n) is 3.16. The van der Waals surface area contributed by atoms with Crippen LogP contribution in [-0.4, -0.2) is 51.1 Å². The van der Waals surface area contributed by atoms with E-state index in [0.717, 1.165) is 24.2 Å². The summed E-state index contributed by atoms with van der Waals surface area (Å²) in [6.07, 6.45) is 6.12. The van der Waals surface area contributed by atoms with Crippen molar-refractivity contribution in [1.29, 1.82) is 0 Å². The first-order valence-corrected chi connectivity index (χ1v) is 8.78. The van der Waals surface area contributed by atoms with Gasteiger partial charge >= 0.3 is 0 Å². The zero-order chi connectivity index (χ0) is 18.6.